The van der Waals surface area contributed by atoms with Crippen molar-refractivity contribution in [2.45, 2.75) is 86.6 Å². The van der Waals surface area contributed by atoms with Gasteiger partial charge in [-0.05, 0) is 105 Å². The van der Waals surface area contributed by atoms with E-state index >= 15 is 0 Å². The van der Waals surface area contributed by atoms with E-state index in [9.17, 15) is 4.79 Å². The van der Waals surface area contributed by atoms with Crippen LogP contribution in [-0.2, 0) is 28.8 Å². The van der Waals surface area contributed by atoms with Crippen molar-refractivity contribution >= 4 is 23.0 Å². The number of aryl methyl sites for hydroxylation is 3. The van der Waals surface area contributed by atoms with Gasteiger partial charge in [-0.1, -0.05) is 39.0 Å². The Bertz CT molecular complexity index is 1110. The van der Waals surface area contributed by atoms with E-state index in [4.69, 9.17) is 9.73 Å². The lowest BCUT2D eigenvalue weighted by Gasteiger charge is -2.42. The van der Waals surface area contributed by atoms with Gasteiger partial charge in [0.15, 0.2) is 0 Å². The number of morpholine rings is 1. The smallest absolute Gasteiger partial charge is 0.273 e. The normalized spacial score (nSPS) is 16.9. The number of hydrogen-bond donors (Lipinski definition) is 0. The molecule has 0 saturated carbocycles. The van der Waals surface area contributed by atoms with Crippen molar-refractivity contribution in [3.05, 3.63) is 68.0 Å². The maximum atomic E-state index is 13.9. The number of carbonyl (C=O) groups is 1. The first-order valence-electron chi connectivity index (χ1n) is 13.3. The zero-order valence-corrected chi connectivity index (χ0v) is 24.3. The van der Waals surface area contributed by atoms with E-state index < -0.39 is 0 Å². The van der Waals surface area contributed by atoms with Crippen LogP contribution in [0.4, 0.5) is 0 Å². The molecule has 1 aliphatic heterocycles. The largest absolute Gasteiger partial charge is 0.377 e. The van der Waals surface area contributed by atoms with Gasteiger partial charge in [-0.3, -0.25) is 4.79 Å². The van der Waals surface area contributed by atoms with Crippen LogP contribution in [-0.4, -0.2) is 41.8 Å². The molecule has 0 spiro atoms. The number of carbonyl (C=O) groups excluding carboxylic acids is 1. The fourth-order valence-corrected chi connectivity index (χ4v) is 5.61. The second-order valence-electron chi connectivity index (χ2n) is 11.1. The Kier molecular flexibility index (Phi) is 9.71. The highest BCUT2D eigenvalue weighted by Crippen LogP contribution is 2.27. The summed E-state index contributed by atoms with van der Waals surface area (Å²) in [6, 6.07) is 8.87. The Labute approximate surface area is 222 Å². The molecule has 1 saturated heterocycles. The van der Waals surface area contributed by atoms with Gasteiger partial charge in [0.25, 0.3) is 5.91 Å². The first kappa shape index (κ1) is 28.3. The Morgan fingerprint density at radius 2 is 1.94 bits per heavy atom. The van der Waals surface area contributed by atoms with Gasteiger partial charge >= 0.3 is 0 Å². The molecule has 0 unspecified atom stereocenters. The lowest BCUT2D eigenvalue weighted by Crippen LogP contribution is -2.55. The van der Waals surface area contributed by atoms with Crippen LogP contribution in [0.2, 0.25) is 0 Å². The van der Waals surface area contributed by atoms with E-state index in [2.05, 4.69) is 72.0 Å². The number of benzene rings is 1. The number of rotatable bonds is 9. The van der Waals surface area contributed by atoms with Gasteiger partial charge in [0.05, 0.1) is 24.5 Å². The van der Waals surface area contributed by atoms with Crippen LogP contribution in [0.15, 0.2) is 45.9 Å². The minimum Gasteiger partial charge on any atom is -0.377 e. The molecular weight excluding hydrogens is 464 g/mol. The van der Waals surface area contributed by atoms with Crippen LogP contribution in [0.25, 0.3) is 0 Å². The van der Waals surface area contributed by atoms with Gasteiger partial charge in [0.1, 0.15) is 5.70 Å². The predicted octanol–water partition coefficient (Wildman–Crippen LogP) is 7.17. The van der Waals surface area contributed by atoms with Crippen molar-refractivity contribution in [1.82, 2.24) is 4.90 Å². The molecule has 0 radical (unpaired) electrons. The fraction of sp³-hybridized carbons (Fsp3) is 0.548. The zero-order valence-electron chi connectivity index (χ0n) is 23.5. The summed E-state index contributed by atoms with van der Waals surface area (Å²) in [5.74, 6) is 0.656. The molecule has 1 aliphatic rings. The Morgan fingerprint density at radius 3 is 2.56 bits per heavy atom. The van der Waals surface area contributed by atoms with E-state index in [0.717, 1.165) is 41.8 Å². The first-order valence-corrected chi connectivity index (χ1v) is 14.2. The van der Waals surface area contributed by atoms with E-state index in [0.29, 0.717) is 31.4 Å². The third kappa shape index (κ3) is 6.95. The lowest BCUT2D eigenvalue weighted by molar-refractivity contribution is -0.142. The van der Waals surface area contributed by atoms with Crippen molar-refractivity contribution < 1.29 is 9.53 Å². The highest BCUT2D eigenvalue weighted by Gasteiger charge is 2.36. The van der Waals surface area contributed by atoms with Gasteiger partial charge in [-0.15, -0.1) is 11.3 Å². The molecule has 2 heterocycles. The van der Waals surface area contributed by atoms with Gasteiger partial charge in [-0.2, -0.15) is 0 Å². The van der Waals surface area contributed by atoms with E-state index in [1.54, 1.807) is 11.3 Å². The quantitative estimate of drug-likeness (QED) is 0.266. The summed E-state index contributed by atoms with van der Waals surface area (Å²) in [4.78, 5) is 21.9. The molecule has 2 aromatic rings. The minimum absolute atomic E-state index is 0.00922. The van der Waals surface area contributed by atoms with Gasteiger partial charge in [0, 0.05) is 11.4 Å². The Morgan fingerprint density at radius 1 is 1.19 bits per heavy atom. The second-order valence-corrected chi connectivity index (χ2v) is 12.1. The molecule has 36 heavy (non-hydrogen) atoms. The third-order valence-corrected chi connectivity index (χ3v) is 8.07. The zero-order chi connectivity index (χ0) is 26.5. The molecule has 196 valence electrons. The number of thiophene rings is 1. The Hall–Kier alpha value is -2.24. The highest BCUT2D eigenvalue weighted by molar-refractivity contribution is 7.12. The number of allylic oxidation sites excluding steroid dienone is 1. The topological polar surface area (TPSA) is 41.9 Å². The van der Waals surface area contributed by atoms with Gasteiger partial charge in [0.2, 0.25) is 0 Å². The van der Waals surface area contributed by atoms with E-state index in [-0.39, 0.29) is 11.4 Å². The third-order valence-electron chi connectivity index (χ3n) is 7.09. The molecule has 1 fully saturated rings. The standard InChI is InChI=1S/C31H44N2O2S/c1-9-25-19-26(23(5)18-27(25)17-21(2)3)13-12-22(4)29(32-24(6)28-11-10-16-36-28)30(34)33-14-15-35-20-31(33,7)8/h10-11,16,18-19,21H,9,12-15,17,20H2,1-8H3/b29-22+,32-24?. The molecule has 1 amide bonds. The minimum atomic E-state index is -0.355. The molecule has 0 bridgehead atoms. The molecule has 0 atom stereocenters. The molecule has 4 nitrogen and oxygen atoms in total. The number of hydrogen-bond acceptors (Lipinski definition) is 4. The van der Waals surface area contributed by atoms with Crippen LogP contribution in [0.5, 0.6) is 0 Å². The summed E-state index contributed by atoms with van der Waals surface area (Å²) in [5.41, 5.74) is 7.80. The highest BCUT2D eigenvalue weighted by atomic mass is 32.1. The maximum absolute atomic E-state index is 13.9. The van der Waals surface area contributed by atoms with Crippen LogP contribution in [0.3, 0.4) is 0 Å². The van der Waals surface area contributed by atoms with Crippen molar-refractivity contribution in [1.29, 1.82) is 0 Å². The summed E-state index contributed by atoms with van der Waals surface area (Å²) >= 11 is 1.66. The molecule has 5 heteroatoms. The van der Waals surface area contributed by atoms with E-state index in [1.165, 1.54) is 22.3 Å². The van der Waals surface area contributed by atoms with Crippen LogP contribution in [0.1, 0.15) is 82.0 Å². The summed E-state index contributed by atoms with van der Waals surface area (Å²) in [5, 5.41) is 2.05. The van der Waals surface area contributed by atoms with E-state index in [1.807, 2.05) is 17.9 Å². The second kappa shape index (κ2) is 12.3. The molecular formula is C31H44N2O2S. The monoisotopic (exact) mass is 508 g/mol. The average Bonchev–Trinajstić information content (AvgIpc) is 3.36. The van der Waals surface area contributed by atoms with Crippen molar-refractivity contribution in [2.75, 3.05) is 19.8 Å². The maximum Gasteiger partial charge on any atom is 0.273 e. The lowest BCUT2D eigenvalue weighted by atomic mass is 9.90. The van der Waals surface area contributed by atoms with Crippen molar-refractivity contribution in [3.63, 3.8) is 0 Å². The fourth-order valence-electron chi connectivity index (χ4n) is 4.93. The number of amides is 1. The van der Waals surface area contributed by atoms with Crippen LogP contribution < -0.4 is 0 Å². The van der Waals surface area contributed by atoms with Crippen molar-refractivity contribution in [2.24, 2.45) is 10.9 Å². The molecule has 0 N–H and O–H groups in total. The summed E-state index contributed by atoms with van der Waals surface area (Å²) in [6.07, 6.45) is 3.88. The molecule has 1 aromatic carbocycles. The number of nitrogens with zero attached hydrogens (tertiary/aromatic N) is 2. The van der Waals surface area contributed by atoms with Crippen LogP contribution >= 0.6 is 11.3 Å². The Balaban J connectivity index is 1.94. The number of ether oxygens (including phenoxy) is 1. The average molecular weight is 509 g/mol. The van der Waals surface area contributed by atoms with Gasteiger partial charge < -0.3 is 9.64 Å². The molecule has 3 rings (SSSR count). The molecule has 1 aromatic heterocycles. The first-order chi connectivity index (χ1) is 17.0. The number of aliphatic imine (C=N–C) groups is 1. The summed E-state index contributed by atoms with van der Waals surface area (Å²) in [7, 11) is 0. The summed E-state index contributed by atoms with van der Waals surface area (Å²) in [6.45, 7) is 18.9. The van der Waals surface area contributed by atoms with Crippen molar-refractivity contribution in [3.8, 4) is 0 Å². The molecule has 0 aliphatic carbocycles. The predicted molar refractivity (Wildman–Crippen MR) is 153 cm³/mol. The SMILES string of the molecule is CCc1cc(CC/C(C)=C(/N=C(C)c2cccs2)C(=O)N2CCOCC2(C)C)c(C)cc1CC(C)C. The summed E-state index contributed by atoms with van der Waals surface area (Å²) < 4.78 is 5.68. The van der Waals surface area contributed by atoms with Crippen LogP contribution in [0, 0.1) is 12.8 Å². The van der Waals surface area contributed by atoms with Gasteiger partial charge in [-0.25, -0.2) is 4.99 Å².